The van der Waals surface area contributed by atoms with E-state index in [1.54, 1.807) is 0 Å². The maximum atomic E-state index is 11.3. The van der Waals surface area contributed by atoms with E-state index in [2.05, 4.69) is 29.2 Å². The van der Waals surface area contributed by atoms with Gasteiger partial charge in [-0.25, -0.2) is 0 Å². The molecule has 1 fully saturated rings. The van der Waals surface area contributed by atoms with E-state index < -0.39 is 0 Å². The molecule has 23 heavy (non-hydrogen) atoms. The van der Waals surface area contributed by atoms with Gasteiger partial charge in [0.25, 0.3) is 0 Å². The predicted octanol–water partition coefficient (Wildman–Crippen LogP) is 2.13. The molecule has 5 nitrogen and oxygen atoms in total. The zero-order valence-corrected chi connectivity index (χ0v) is 13.1. The number of hydrogen-bond acceptors (Lipinski definition) is 5. The number of hydrogen-bond donors (Lipinski definition) is 0. The van der Waals surface area contributed by atoms with Crippen LogP contribution < -0.4 is 9.47 Å². The summed E-state index contributed by atoms with van der Waals surface area (Å²) < 4.78 is 16.6. The molecule has 2 bridgehead atoms. The summed E-state index contributed by atoms with van der Waals surface area (Å²) in [5.74, 6) is 1.50. The topological polar surface area (TPSA) is 48.0 Å². The molecule has 0 N–H and O–H groups in total. The van der Waals surface area contributed by atoms with Crippen molar-refractivity contribution in [3.05, 3.63) is 35.4 Å². The van der Waals surface area contributed by atoms with Crippen LogP contribution in [0.25, 0.3) is 0 Å². The second kappa shape index (κ2) is 4.51. The fourth-order valence-electron chi connectivity index (χ4n) is 4.77. The quantitative estimate of drug-likeness (QED) is 0.587. The molecule has 1 aliphatic carbocycles. The summed E-state index contributed by atoms with van der Waals surface area (Å²) >= 11 is 0. The first-order valence-electron chi connectivity index (χ1n) is 8.19. The van der Waals surface area contributed by atoms with E-state index in [0.29, 0.717) is 12.8 Å². The number of benzene rings is 1. The molecule has 5 rings (SSSR count). The standard InChI is InChI=1S/C18H19NO4/c1-11(20)23-13-2-3-18-4-5-19(17(18)7-13)9-12-6-15-16(8-14(12)18)22-10-21-15/h2-3,6,8,13,17H,4-5,7,9-10H2,1H3/t13-,17?,18+/m1/s1. The molecule has 5 heteroatoms. The van der Waals surface area contributed by atoms with Crippen LogP contribution in [0, 0.1) is 0 Å². The van der Waals surface area contributed by atoms with Gasteiger partial charge < -0.3 is 14.2 Å². The normalized spacial score (nSPS) is 35.6. The maximum absolute atomic E-state index is 11.3. The van der Waals surface area contributed by atoms with Gasteiger partial charge in [0.2, 0.25) is 6.79 Å². The van der Waals surface area contributed by atoms with Crippen LogP contribution in [-0.2, 0) is 21.5 Å². The number of nitrogens with zero attached hydrogens (tertiary/aromatic N) is 1. The van der Waals surface area contributed by atoms with Gasteiger partial charge in [-0.05, 0) is 35.8 Å². The van der Waals surface area contributed by atoms with Crippen molar-refractivity contribution in [2.75, 3.05) is 13.3 Å². The third kappa shape index (κ3) is 1.80. The first-order chi connectivity index (χ1) is 11.2. The molecule has 0 aromatic heterocycles. The van der Waals surface area contributed by atoms with Crippen molar-refractivity contribution in [3.8, 4) is 11.5 Å². The van der Waals surface area contributed by atoms with Gasteiger partial charge >= 0.3 is 5.97 Å². The van der Waals surface area contributed by atoms with E-state index in [9.17, 15) is 4.79 Å². The van der Waals surface area contributed by atoms with Crippen LogP contribution in [-0.4, -0.2) is 36.4 Å². The lowest BCUT2D eigenvalue weighted by molar-refractivity contribution is -0.145. The number of fused-ring (bicyclic) bond motifs is 2. The second-order valence-electron chi connectivity index (χ2n) is 6.88. The van der Waals surface area contributed by atoms with Crippen LogP contribution in [0.2, 0.25) is 0 Å². The first-order valence-corrected chi connectivity index (χ1v) is 8.19. The molecule has 2 unspecified atom stereocenters. The highest BCUT2D eigenvalue weighted by Crippen LogP contribution is 2.53. The Morgan fingerprint density at radius 3 is 3.00 bits per heavy atom. The van der Waals surface area contributed by atoms with Crippen molar-refractivity contribution < 1.29 is 19.0 Å². The highest BCUT2D eigenvalue weighted by atomic mass is 16.7. The molecule has 3 aliphatic heterocycles. The van der Waals surface area contributed by atoms with E-state index >= 15 is 0 Å². The van der Waals surface area contributed by atoms with Gasteiger partial charge in [-0.1, -0.05) is 6.08 Å². The third-order valence-corrected chi connectivity index (χ3v) is 5.70. The van der Waals surface area contributed by atoms with Gasteiger partial charge in [0.1, 0.15) is 6.10 Å². The molecular weight excluding hydrogens is 294 g/mol. The zero-order valence-electron chi connectivity index (χ0n) is 13.1. The summed E-state index contributed by atoms with van der Waals surface area (Å²) in [6, 6.07) is 4.70. The fourth-order valence-corrected chi connectivity index (χ4v) is 4.77. The lowest BCUT2D eigenvalue weighted by Gasteiger charge is -2.45. The number of carbonyl (C=O) groups excluding carboxylic acids is 1. The van der Waals surface area contributed by atoms with Crippen LogP contribution in [0.3, 0.4) is 0 Å². The van der Waals surface area contributed by atoms with Crippen LogP contribution in [0.4, 0.5) is 0 Å². The Labute approximate surface area is 134 Å². The van der Waals surface area contributed by atoms with E-state index in [1.165, 1.54) is 18.1 Å². The highest BCUT2D eigenvalue weighted by molar-refractivity contribution is 5.66. The van der Waals surface area contributed by atoms with Crippen molar-refractivity contribution in [3.63, 3.8) is 0 Å². The zero-order chi connectivity index (χ0) is 15.6. The Kier molecular flexibility index (Phi) is 2.63. The minimum absolute atomic E-state index is 0.0191. The summed E-state index contributed by atoms with van der Waals surface area (Å²) in [7, 11) is 0. The Bertz CT molecular complexity index is 728. The molecule has 0 radical (unpaired) electrons. The monoisotopic (exact) mass is 313 g/mol. The van der Waals surface area contributed by atoms with Crippen molar-refractivity contribution >= 4 is 5.97 Å². The van der Waals surface area contributed by atoms with Crippen LogP contribution >= 0.6 is 0 Å². The Morgan fingerprint density at radius 1 is 1.35 bits per heavy atom. The van der Waals surface area contributed by atoms with E-state index in [4.69, 9.17) is 14.2 Å². The van der Waals surface area contributed by atoms with Gasteiger partial charge in [0.05, 0.1) is 0 Å². The predicted molar refractivity (Wildman–Crippen MR) is 82.4 cm³/mol. The number of rotatable bonds is 1. The first kappa shape index (κ1) is 13.4. The van der Waals surface area contributed by atoms with Gasteiger partial charge in [-0.2, -0.15) is 0 Å². The molecular formula is C18H19NO4. The molecule has 3 heterocycles. The lowest BCUT2D eigenvalue weighted by atomic mass is 9.66. The maximum Gasteiger partial charge on any atom is 0.303 e. The molecule has 1 aromatic rings. The molecule has 1 saturated heterocycles. The van der Waals surface area contributed by atoms with Crippen LogP contribution in [0.1, 0.15) is 30.9 Å². The van der Waals surface area contributed by atoms with Crippen molar-refractivity contribution in [1.29, 1.82) is 0 Å². The summed E-state index contributed by atoms with van der Waals surface area (Å²) in [5.41, 5.74) is 2.71. The largest absolute Gasteiger partial charge is 0.458 e. The minimum Gasteiger partial charge on any atom is -0.458 e. The third-order valence-electron chi connectivity index (χ3n) is 5.70. The summed E-state index contributed by atoms with van der Waals surface area (Å²) in [4.78, 5) is 13.8. The second-order valence-corrected chi connectivity index (χ2v) is 6.88. The number of esters is 1. The highest BCUT2D eigenvalue weighted by Gasteiger charge is 2.53. The summed E-state index contributed by atoms with van der Waals surface area (Å²) in [6.07, 6.45) is 6.20. The number of ether oxygens (including phenoxy) is 3. The van der Waals surface area contributed by atoms with Crippen LogP contribution in [0.15, 0.2) is 24.3 Å². The molecule has 4 atom stereocenters. The van der Waals surface area contributed by atoms with Crippen molar-refractivity contribution in [2.24, 2.45) is 0 Å². The lowest BCUT2D eigenvalue weighted by Crippen LogP contribution is -2.49. The molecule has 0 amide bonds. The molecule has 0 saturated carbocycles. The molecule has 120 valence electrons. The molecule has 1 aromatic carbocycles. The van der Waals surface area contributed by atoms with Gasteiger partial charge in [-0.3, -0.25) is 9.69 Å². The number of carbonyl (C=O) groups is 1. The smallest absolute Gasteiger partial charge is 0.303 e. The van der Waals surface area contributed by atoms with Crippen molar-refractivity contribution in [1.82, 2.24) is 4.90 Å². The average molecular weight is 313 g/mol. The van der Waals surface area contributed by atoms with Gasteiger partial charge in [0.15, 0.2) is 11.5 Å². The average Bonchev–Trinajstić information content (AvgIpc) is 3.07. The Balaban J connectivity index is 1.60. The Hall–Kier alpha value is -2.01. The van der Waals surface area contributed by atoms with E-state index in [-0.39, 0.29) is 17.5 Å². The molecule has 4 aliphatic rings. The van der Waals surface area contributed by atoms with E-state index in [1.807, 2.05) is 0 Å². The summed E-state index contributed by atoms with van der Waals surface area (Å²) in [6.45, 7) is 3.79. The Morgan fingerprint density at radius 2 is 2.17 bits per heavy atom. The van der Waals surface area contributed by atoms with Crippen LogP contribution in [0.5, 0.6) is 11.5 Å². The van der Waals surface area contributed by atoms with Gasteiger partial charge in [-0.15, -0.1) is 0 Å². The van der Waals surface area contributed by atoms with Crippen molar-refractivity contribution in [2.45, 2.75) is 43.9 Å². The minimum atomic E-state index is -0.211. The molecule has 0 spiro atoms. The summed E-state index contributed by atoms with van der Waals surface area (Å²) in [5, 5.41) is 0. The van der Waals surface area contributed by atoms with Gasteiger partial charge in [0, 0.05) is 37.9 Å². The SMILES string of the molecule is CC(=O)O[C@@H]1C=C[C@]23CCN(Cc4cc5c(cc42)OCO5)C3C1. The fraction of sp³-hybridized carbons (Fsp3) is 0.500. The van der Waals surface area contributed by atoms with E-state index in [0.717, 1.165) is 37.4 Å².